The Morgan fingerprint density at radius 1 is 1.19 bits per heavy atom. The van der Waals surface area contributed by atoms with Crippen molar-refractivity contribution >= 4 is 0 Å². The molecule has 1 aromatic carbocycles. The molecule has 2 rings (SSSR count). The van der Waals surface area contributed by atoms with E-state index in [1.165, 1.54) is 24.0 Å². The van der Waals surface area contributed by atoms with Crippen LogP contribution < -0.4 is 10.1 Å². The standard InChI is InChI=1S/C17H27NO3/c1-19-11-12-21-10-4-9-18-17-6-3-5-14-13-15(20-2)7-8-16(14)17/h7-8,13,17-18H,3-6,9-12H2,1-2H3. The molecule has 0 aromatic heterocycles. The predicted molar refractivity (Wildman–Crippen MR) is 84.0 cm³/mol. The fourth-order valence-corrected chi connectivity index (χ4v) is 2.82. The fourth-order valence-electron chi connectivity index (χ4n) is 2.82. The summed E-state index contributed by atoms with van der Waals surface area (Å²) in [4.78, 5) is 0. The average Bonchev–Trinajstić information content (AvgIpc) is 2.53. The minimum Gasteiger partial charge on any atom is -0.497 e. The van der Waals surface area contributed by atoms with E-state index >= 15 is 0 Å². The minimum absolute atomic E-state index is 0.471. The maximum absolute atomic E-state index is 5.48. The van der Waals surface area contributed by atoms with Crippen LogP contribution in [0, 0.1) is 0 Å². The van der Waals surface area contributed by atoms with E-state index < -0.39 is 0 Å². The number of rotatable bonds is 9. The van der Waals surface area contributed by atoms with Gasteiger partial charge in [0.05, 0.1) is 20.3 Å². The van der Waals surface area contributed by atoms with E-state index in [9.17, 15) is 0 Å². The zero-order chi connectivity index (χ0) is 14.9. The molecule has 1 aromatic rings. The lowest BCUT2D eigenvalue weighted by molar-refractivity contribution is 0.0692. The summed E-state index contributed by atoms with van der Waals surface area (Å²) in [6.07, 6.45) is 4.64. The molecular weight excluding hydrogens is 266 g/mol. The summed E-state index contributed by atoms with van der Waals surface area (Å²) in [5.41, 5.74) is 2.86. The first-order valence-electron chi connectivity index (χ1n) is 7.82. The number of ether oxygens (including phenoxy) is 3. The fraction of sp³-hybridized carbons (Fsp3) is 0.647. The van der Waals surface area contributed by atoms with Gasteiger partial charge in [0.15, 0.2) is 0 Å². The third-order valence-electron chi connectivity index (χ3n) is 3.95. The maximum atomic E-state index is 5.48. The second-order valence-electron chi connectivity index (χ2n) is 5.42. The highest BCUT2D eigenvalue weighted by Gasteiger charge is 2.19. The Morgan fingerprint density at radius 2 is 2.10 bits per heavy atom. The van der Waals surface area contributed by atoms with Crippen molar-refractivity contribution < 1.29 is 14.2 Å². The van der Waals surface area contributed by atoms with E-state index in [4.69, 9.17) is 14.2 Å². The normalized spacial score (nSPS) is 17.5. The lowest BCUT2D eigenvalue weighted by atomic mass is 9.87. The summed E-state index contributed by atoms with van der Waals surface area (Å²) in [7, 11) is 3.42. The van der Waals surface area contributed by atoms with Crippen molar-refractivity contribution in [1.29, 1.82) is 0 Å². The van der Waals surface area contributed by atoms with Crippen molar-refractivity contribution in [2.24, 2.45) is 0 Å². The molecule has 1 aliphatic carbocycles. The molecule has 1 atom stereocenters. The lowest BCUT2D eigenvalue weighted by Gasteiger charge is -2.27. The molecule has 1 N–H and O–H groups in total. The minimum atomic E-state index is 0.471. The summed E-state index contributed by atoms with van der Waals surface area (Å²) in [5, 5.41) is 3.65. The zero-order valence-electron chi connectivity index (χ0n) is 13.2. The Balaban J connectivity index is 1.75. The summed E-state index contributed by atoms with van der Waals surface area (Å²) in [5.74, 6) is 0.959. The van der Waals surface area contributed by atoms with Crippen LogP contribution in [0.5, 0.6) is 5.75 Å². The molecule has 1 aliphatic rings. The van der Waals surface area contributed by atoms with E-state index in [2.05, 4.69) is 23.5 Å². The van der Waals surface area contributed by atoms with Gasteiger partial charge >= 0.3 is 0 Å². The Kier molecular flexibility index (Phi) is 7.00. The van der Waals surface area contributed by atoms with Crippen LogP contribution in [0.15, 0.2) is 18.2 Å². The Labute approximate surface area is 127 Å². The molecule has 4 heteroatoms. The van der Waals surface area contributed by atoms with Gasteiger partial charge in [-0.05, 0) is 55.5 Å². The van der Waals surface area contributed by atoms with Crippen molar-refractivity contribution in [2.75, 3.05) is 40.6 Å². The van der Waals surface area contributed by atoms with Gasteiger partial charge in [-0.25, -0.2) is 0 Å². The Hall–Kier alpha value is -1.10. The molecule has 4 nitrogen and oxygen atoms in total. The number of hydrogen-bond acceptors (Lipinski definition) is 4. The molecule has 0 aliphatic heterocycles. The van der Waals surface area contributed by atoms with Gasteiger partial charge in [0.1, 0.15) is 5.75 Å². The van der Waals surface area contributed by atoms with E-state index in [0.717, 1.165) is 31.7 Å². The first kappa shape index (κ1) is 16.3. The first-order chi connectivity index (χ1) is 10.3. The Bertz CT molecular complexity index is 422. The van der Waals surface area contributed by atoms with Gasteiger partial charge in [0.25, 0.3) is 0 Å². The molecule has 1 unspecified atom stereocenters. The van der Waals surface area contributed by atoms with Crippen LogP contribution in [0.3, 0.4) is 0 Å². The van der Waals surface area contributed by atoms with Crippen molar-refractivity contribution in [2.45, 2.75) is 31.7 Å². The van der Waals surface area contributed by atoms with Gasteiger partial charge in [-0.1, -0.05) is 6.07 Å². The number of methoxy groups -OCH3 is 2. The third-order valence-corrected chi connectivity index (χ3v) is 3.95. The van der Waals surface area contributed by atoms with Crippen LogP contribution in [-0.4, -0.2) is 40.6 Å². The summed E-state index contributed by atoms with van der Waals surface area (Å²) < 4.78 is 15.7. The highest BCUT2D eigenvalue weighted by atomic mass is 16.5. The molecule has 0 heterocycles. The molecule has 0 bridgehead atoms. The number of nitrogens with one attached hydrogen (secondary N) is 1. The van der Waals surface area contributed by atoms with E-state index in [-0.39, 0.29) is 0 Å². The summed E-state index contributed by atoms with van der Waals surface area (Å²) in [6.45, 7) is 3.13. The number of hydrogen-bond donors (Lipinski definition) is 1. The van der Waals surface area contributed by atoms with Crippen LogP contribution in [0.2, 0.25) is 0 Å². The van der Waals surface area contributed by atoms with Gasteiger partial charge in [-0.2, -0.15) is 0 Å². The highest BCUT2D eigenvalue weighted by Crippen LogP contribution is 2.32. The van der Waals surface area contributed by atoms with Gasteiger partial charge in [0, 0.05) is 19.8 Å². The SMILES string of the molecule is COCCOCCCNC1CCCc2cc(OC)ccc21. The van der Waals surface area contributed by atoms with Gasteiger partial charge in [-0.3, -0.25) is 0 Å². The lowest BCUT2D eigenvalue weighted by Crippen LogP contribution is -2.26. The van der Waals surface area contributed by atoms with Crippen LogP contribution in [0.4, 0.5) is 0 Å². The predicted octanol–water partition coefficient (Wildman–Crippen LogP) is 2.72. The molecule has 0 saturated heterocycles. The van der Waals surface area contributed by atoms with Gasteiger partial charge in [0.2, 0.25) is 0 Å². The molecule has 0 fully saturated rings. The van der Waals surface area contributed by atoms with Crippen LogP contribution in [0.1, 0.15) is 36.4 Å². The van der Waals surface area contributed by atoms with Crippen molar-refractivity contribution in [3.63, 3.8) is 0 Å². The zero-order valence-corrected chi connectivity index (χ0v) is 13.2. The quantitative estimate of drug-likeness (QED) is 0.711. The van der Waals surface area contributed by atoms with Crippen molar-refractivity contribution in [1.82, 2.24) is 5.32 Å². The van der Waals surface area contributed by atoms with Crippen molar-refractivity contribution in [3.05, 3.63) is 29.3 Å². The highest BCUT2D eigenvalue weighted by molar-refractivity contribution is 5.39. The van der Waals surface area contributed by atoms with Crippen molar-refractivity contribution in [3.8, 4) is 5.75 Å². The topological polar surface area (TPSA) is 39.7 Å². The monoisotopic (exact) mass is 293 g/mol. The van der Waals surface area contributed by atoms with E-state index in [1.54, 1.807) is 14.2 Å². The number of aryl methyl sites for hydroxylation is 1. The molecule has 118 valence electrons. The molecule has 0 saturated carbocycles. The second-order valence-corrected chi connectivity index (χ2v) is 5.42. The second kappa shape index (κ2) is 9.03. The Morgan fingerprint density at radius 3 is 2.90 bits per heavy atom. The maximum Gasteiger partial charge on any atom is 0.119 e. The summed E-state index contributed by atoms with van der Waals surface area (Å²) in [6, 6.07) is 6.92. The molecule has 21 heavy (non-hydrogen) atoms. The van der Waals surface area contributed by atoms with E-state index in [1.807, 2.05) is 0 Å². The summed E-state index contributed by atoms with van der Waals surface area (Å²) >= 11 is 0. The number of benzene rings is 1. The average molecular weight is 293 g/mol. The molecule has 0 radical (unpaired) electrons. The van der Waals surface area contributed by atoms with Crippen LogP contribution >= 0.6 is 0 Å². The smallest absolute Gasteiger partial charge is 0.119 e. The van der Waals surface area contributed by atoms with Crippen LogP contribution in [0.25, 0.3) is 0 Å². The largest absolute Gasteiger partial charge is 0.497 e. The molecule has 0 spiro atoms. The molecule has 0 amide bonds. The van der Waals surface area contributed by atoms with Crippen LogP contribution in [-0.2, 0) is 15.9 Å². The first-order valence-corrected chi connectivity index (χ1v) is 7.82. The van der Waals surface area contributed by atoms with Gasteiger partial charge in [-0.15, -0.1) is 0 Å². The van der Waals surface area contributed by atoms with Gasteiger partial charge < -0.3 is 19.5 Å². The third kappa shape index (κ3) is 4.99. The van der Waals surface area contributed by atoms with E-state index in [0.29, 0.717) is 19.3 Å². The molecular formula is C17H27NO3. The number of fused-ring (bicyclic) bond motifs is 1.